The number of rotatable bonds is 9. The normalized spacial score (nSPS) is 13.5. The predicted molar refractivity (Wildman–Crippen MR) is 144 cm³/mol. The van der Waals surface area contributed by atoms with Crippen molar-refractivity contribution in [3.8, 4) is 11.5 Å². The molecule has 0 aliphatic carbocycles. The summed E-state index contributed by atoms with van der Waals surface area (Å²) in [5.74, 6) is 3.04. The summed E-state index contributed by atoms with van der Waals surface area (Å²) < 4.78 is 10.8. The van der Waals surface area contributed by atoms with Gasteiger partial charge < -0.3 is 29.5 Å². The molecule has 1 saturated heterocycles. The lowest BCUT2D eigenvalue weighted by Gasteiger charge is -2.36. The molecular weight excluding hydrogens is 440 g/mol. The molecule has 2 heterocycles. The molecule has 1 aliphatic rings. The maximum Gasteiger partial charge on any atom is 0.227 e. The topological polar surface area (TPSA) is 66.0 Å². The number of nitrogens with one attached hydrogen (secondary N) is 1. The Kier molecular flexibility index (Phi) is 7.80. The maximum absolute atomic E-state index is 5.47. The van der Waals surface area contributed by atoms with Crippen molar-refractivity contribution in [3.63, 3.8) is 0 Å². The highest BCUT2D eigenvalue weighted by Crippen LogP contribution is 2.32. The van der Waals surface area contributed by atoms with Crippen molar-refractivity contribution in [2.75, 3.05) is 73.5 Å². The van der Waals surface area contributed by atoms with E-state index in [-0.39, 0.29) is 0 Å². The maximum atomic E-state index is 5.47. The van der Waals surface area contributed by atoms with E-state index in [2.05, 4.69) is 70.0 Å². The molecule has 2 aromatic carbocycles. The Bertz CT molecular complexity index is 1130. The minimum Gasteiger partial charge on any atom is -0.493 e. The summed E-state index contributed by atoms with van der Waals surface area (Å²) in [5, 5.41) is 3.48. The van der Waals surface area contributed by atoms with Crippen LogP contribution in [0.4, 0.5) is 28.8 Å². The average Bonchev–Trinajstić information content (AvgIpc) is 2.90. The molecule has 4 rings (SSSR count). The Hall–Kier alpha value is -3.68. The highest BCUT2D eigenvalue weighted by Gasteiger charge is 2.20. The van der Waals surface area contributed by atoms with Crippen molar-refractivity contribution in [3.05, 3.63) is 54.2 Å². The number of aryl methyl sites for hydroxylation is 1. The number of hydrogen-bond acceptors (Lipinski definition) is 8. The van der Waals surface area contributed by atoms with Gasteiger partial charge in [-0.05, 0) is 62.7 Å². The summed E-state index contributed by atoms with van der Waals surface area (Å²) in [6, 6.07) is 14.5. The third-order valence-corrected chi connectivity index (χ3v) is 6.54. The van der Waals surface area contributed by atoms with E-state index in [1.54, 1.807) is 14.2 Å². The van der Waals surface area contributed by atoms with E-state index in [0.717, 1.165) is 73.9 Å². The van der Waals surface area contributed by atoms with Gasteiger partial charge in [0.1, 0.15) is 5.82 Å². The number of hydrogen-bond donors (Lipinski definition) is 1. The van der Waals surface area contributed by atoms with Crippen LogP contribution < -0.4 is 29.5 Å². The number of ether oxygens (including phenoxy) is 2. The molecule has 0 bridgehead atoms. The van der Waals surface area contributed by atoms with Crippen molar-refractivity contribution in [2.45, 2.75) is 20.8 Å². The molecule has 1 N–H and O–H groups in total. The highest BCUT2D eigenvalue weighted by atomic mass is 16.5. The molecule has 1 aromatic heterocycles. The lowest BCUT2D eigenvalue weighted by atomic mass is 10.1. The largest absolute Gasteiger partial charge is 0.493 e. The molecule has 8 nitrogen and oxygen atoms in total. The van der Waals surface area contributed by atoms with Gasteiger partial charge >= 0.3 is 0 Å². The van der Waals surface area contributed by atoms with Gasteiger partial charge in [-0.15, -0.1) is 0 Å². The second-order valence-corrected chi connectivity index (χ2v) is 8.55. The van der Waals surface area contributed by atoms with E-state index in [0.29, 0.717) is 0 Å². The number of aromatic nitrogens is 2. The lowest BCUT2D eigenvalue weighted by Crippen LogP contribution is -2.47. The van der Waals surface area contributed by atoms with Gasteiger partial charge in [-0.25, -0.2) is 4.98 Å². The Morgan fingerprint density at radius 3 is 2.26 bits per heavy atom. The number of nitrogens with zero attached hydrogens (tertiary/aromatic N) is 5. The molecule has 0 amide bonds. The fraction of sp³-hybridized carbons (Fsp3) is 0.407. The zero-order chi connectivity index (χ0) is 24.8. The molecule has 0 atom stereocenters. The number of anilines is 5. The number of piperazine rings is 1. The summed E-state index contributed by atoms with van der Waals surface area (Å²) in [7, 11) is 3.32. The van der Waals surface area contributed by atoms with E-state index in [1.807, 2.05) is 24.4 Å². The van der Waals surface area contributed by atoms with Crippen molar-refractivity contribution in [1.29, 1.82) is 0 Å². The van der Waals surface area contributed by atoms with Crippen LogP contribution in [-0.4, -0.2) is 63.5 Å². The molecule has 1 fully saturated rings. The molecule has 35 heavy (non-hydrogen) atoms. The van der Waals surface area contributed by atoms with Crippen LogP contribution in [-0.2, 0) is 0 Å². The highest BCUT2D eigenvalue weighted by molar-refractivity contribution is 5.66. The Labute approximate surface area is 208 Å². The monoisotopic (exact) mass is 476 g/mol. The van der Waals surface area contributed by atoms with Crippen LogP contribution in [0.15, 0.2) is 48.7 Å². The van der Waals surface area contributed by atoms with E-state index in [1.165, 1.54) is 11.3 Å². The minimum absolute atomic E-state index is 0.741. The molecule has 0 spiro atoms. The zero-order valence-electron chi connectivity index (χ0n) is 21.4. The van der Waals surface area contributed by atoms with Crippen molar-refractivity contribution >= 4 is 28.8 Å². The number of methoxy groups -OCH3 is 2. The van der Waals surface area contributed by atoms with Gasteiger partial charge in [0.15, 0.2) is 11.5 Å². The van der Waals surface area contributed by atoms with Crippen molar-refractivity contribution < 1.29 is 9.47 Å². The first-order chi connectivity index (χ1) is 17.1. The zero-order valence-corrected chi connectivity index (χ0v) is 21.4. The first kappa shape index (κ1) is 24.4. The summed E-state index contributed by atoms with van der Waals surface area (Å²) >= 11 is 0. The van der Waals surface area contributed by atoms with Gasteiger partial charge in [-0.2, -0.15) is 4.98 Å². The quantitative estimate of drug-likeness (QED) is 0.476. The van der Waals surface area contributed by atoms with Crippen LogP contribution in [0.3, 0.4) is 0 Å². The summed E-state index contributed by atoms with van der Waals surface area (Å²) in [4.78, 5) is 16.3. The van der Waals surface area contributed by atoms with Crippen LogP contribution in [0.2, 0.25) is 0 Å². The Morgan fingerprint density at radius 2 is 1.60 bits per heavy atom. The standard InChI is InChI=1S/C27H36N6O2/c1-6-31(7-2)21-8-10-23(20(3)18-21)29-26-12-13-28-27(30-26)33-16-14-32(15-17-33)22-9-11-24(34-4)25(19-22)35-5/h8-13,18-19H,6-7,14-17H2,1-5H3,(H,28,29,30). The van der Waals surface area contributed by atoms with Gasteiger partial charge in [-0.1, -0.05) is 0 Å². The molecule has 3 aromatic rings. The minimum atomic E-state index is 0.741. The van der Waals surface area contributed by atoms with Gasteiger partial charge in [0.2, 0.25) is 5.95 Å². The fourth-order valence-electron chi connectivity index (χ4n) is 4.47. The molecular formula is C27H36N6O2. The average molecular weight is 477 g/mol. The first-order valence-electron chi connectivity index (χ1n) is 12.2. The smallest absolute Gasteiger partial charge is 0.227 e. The summed E-state index contributed by atoms with van der Waals surface area (Å²) in [5.41, 5.74) is 4.62. The van der Waals surface area contributed by atoms with Crippen molar-refractivity contribution in [1.82, 2.24) is 9.97 Å². The van der Waals surface area contributed by atoms with Crippen molar-refractivity contribution in [2.24, 2.45) is 0 Å². The van der Waals surface area contributed by atoms with E-state index in [9.17, 15) is 0 Å². The predicted octanol–water partition coefficient (Wildman–Crippen LogP) is 4.72. The molecule has 1 aliphatic heterocycles. The SMILES string of the molecule is CCN(CC)c1ccc(Nc2ccnc(N3CCN(c4ccc(OC)c(OC)c4)CC3)n2)c(C)c1. The van der Waals surface area contributed by atoms with Crippen LogP contribution in [0, 0.1) is 6.92 Å². The summed E-state index contributed by atoms with van der Waals surface area (Å²) in [6.45, 7) is 11.9. The fourth-order valence-corrected chi connectivity index (χ4v) is 4.47. The van der Waals surface area contributed by atoms with Crippen LogP contribution in [0.1, 0.15) is 19.4 Å². The summed E-state index contributed by atoms with van der Waals surface area (Å²) in [6.07, 6.45) is 1.82. The van der Waals surface area contributed by atoms with Crippen LogP contribution in [0.5, 0.6) is 11.5 Å². The van der Waals surface area contributed by atoms with Crippen LogP contribution >= 0.6 is 0 Å². The Balaban J connectivity index is 1.41. The van der Waals surface area contributed by atoms with Crippen LogP contribution in [0.25, 0.3) is 0 Å². The number of benzene rings is 2. The van der Waals surface area contributed by atoms with E-state index < -0.39 is 0 Å². The molecule has 0 radical (unpaired) electrons. The lowest BCUT2D eigenvalue weighted by molar-refractivity contribution is 0.355. The van der Waals surface area contributed by atoms with E-state index in [4.69, 9.17) is 14.5 Å². The van der Waals surface area contributed by atoms with Gasteiger partial charge in [0.05, 0.1) is 14.2 Å². The molecule has 186 valence electrons. The van der Waals surface area contributed by atoms with Gasteiger partial charge in [0, 0.05) is 68.6 Å². The van der Waals surface area contributed by atoms with Gasteiger partial charge in [0.25, 0.3) is 0 Å². The second-order valence-electron chi connectivity index (χ2n) is 8.55. The first-order valence-corrected chi connectivity index (χ1v) is 12.2. The third kappa shape index (κ3) is 5.53. The Morgan fingerprint density at radius 1 is 0.886 bits per heavy atom. The van der Waals surface area contributed by atoms with E-state index >= 15 is 0 Å². The third-order valence-electron chi connectivity index (χ3n) is 6.54. The molecule has 8 heteroatoms. The second kappa shape index (κ2) is 11.2. The molecule has 0 unspecified atom stereocenters. The molecule has 0 saturated carbocycles. The van der Waals surface area contributed by atoms with Gasteiger partial charge in [-0.3, -0.25) is 0 Å².